The number of anilines is 1. The molecule has 7 heteroatoms. The number of benzene rings is 1. The fourth-order valence-electron chi connectivity index (χ4n) is 2.73. The summed E-state index contributed by atoms with van der Waals surface area (Å²) in [7, 11) is 7.33. The highest BCUT2D eigenvalue weighted by atomic mass is 16.2. The first-order chi connectivity index (χ1) is 11.8. The lowest BCUT2D eigenvalue weighted by Crippen LogP contribution is -2.33. The molecule has 0 saturated carbocycles. The minimum absolute atomic E-state index is 0.00383. The Bertz CT molecular complexity index is 642. The Hall–Kier alpha value is -2.57. The molecule has 1 aliphatic rings. The van der Waals surface area contributed by atoms with E-state index in [1.165, 1.54) is 9.80 Å². The molecule has 136 valence electrons. The maximum Gasteiger partial charge on any atom is 0.326 e. The van der Waals surface area contributed by atoms with Crippen molar-refractivity contribution >= 4 is 23.5 Å². The van der Waals surface area contributed by atoms with E-state index in [4.69, 9.17) is 0 Å². The van der Waals surface area contributed by atoms with Gasteiger partial charge in [0.1, 0.15) is 6.54 Å². The predicted octanol–water partition coefficient (Wildman–Crippen LogP) is 1.39. The second kappa shape index (κ2) is 8.00. The number of hydrogen-bond acceptors (Lipinski definition) is 4. The molecule has 0 atom stereocenters. The van der Waals surface area contributed by atoms with Crippen molar-refractivity contribution in [1.82, 2.24) is 14.7 Å². The summed E-state index contributed by atoms with van der Waals surface area (Å²) in [5.41, 5.74) is 2.18. The van der Waals surface area contributed by atoms with Crippen LogP contribution in [-0.4, -0.2) is 73.8 Å². The van der Waals surface area contributed by atoms with Crippen molar-refractivity contribution in [2.75, 3.05) is 46.2 Å². The molecule has 7 nitrogen and oxygen atoms in total. The van der Waals surface area contributed by atoms with Gasteiger partial charge in [-0.3, -0.25) is 14.5 Å². The molecule has 0 aliphatic carbocycles. The topological polar surface area (TPSA) is 64.2 Å². The SMILES string of the molecule is CN(Cc1ccc(N(C)C)cc1)C(=O)CCCN1C(=O)CN(C)C1=O. The molecule has 0 bridgehead atoms. The standard InChI is InChI=1S/C18H26N4O3/c1-19(2)15-9-7-14(8-10-15)12-20(3)16(23)6-5-11-22-17(24)13-21(4)18(22)25/h7-10H,5-6,11-13H2,1-4H3. The van der Waals surface area contributed by atoms with E-state index in [1.807, 2.05) is 43.3 Å². The molecule has 4 amide bonds. The zero-order chi connectivity index (χ0) is 18.6. The van der Waals surface area contributed by atoms with Crippen LogP contribution in [0.2, 0.25) is 0 Å². The Balaban J connectivity index is 1.78. The Morgan fingerprint density at radius 1 is 1.12 bits per heavy atom. The van der Waals surface area contributed by atoms with Gasteiger partial charge >= 0.3 is 6.03 Å². The van der Waals surface area contributed by atoms with Gasteiger partial charge in [-0.15, -0.1) is 0 Å². The lowest BCUT2D eigenvalue weighted by Gasteiger charge is -2.19. The van der Waals surface area contributed by atoms with Gasteiger partial charge in [-0.1, -0.05) is 12.1 Å². The average Bonchev–Trinajstić information content (AvgIpc) is 2.81. The second-order valence-corrected chi connectivity index (χ2v) is 6.60. The molecule has 0 spiro atoms. The van der Waals surface area contributed by atoms with Crippen LogP contribution in [0.4, 0.5) is 10.5 Å². The van der Waals surface area contributed by atoms with Crippen molar-refractivity contribution in [2.45, 2.75) is 19.4 Å². The summed E-state index contributed by atoms with van der Waals surface area (Å²) < 4.78 is 0. The van der Waals surface area contributed by atoms with Gasteiger partial charge in [0, 0.05) is 53.4 Å². The van der Waals surface area contributed by atoms with Gasteiger partial charge < -0.3 is 14.7 Å². The highest BCUT2D eigenvalue weighted by molar-refractivity contribution is 6.01. The molecule has 25 heavy (non-hydrogen) atoms. The third-order valence-corrected chi connectivity index (χ3v) is 4.30. The molecule has 1 heterocycles. The second-order valence-electron chi connectivity index (χ2n) is 6.60. The summed E-state index contributed by atoms with van der Waals surface area (Å²) in [6, 6.07) is 7.78. The molecule has 1 saturated heterocycles. The van der Waals surface area contributed by atoms with E-state index in [2.05, 4.69) is 0 Å². The molecule has 1 aromatic rings. The first-order valence-corrected chi connectivity index (χ1v) is 8.35. The number of nitrogens with zero attached hydrogens (tertiary/aromatic N) is 4. The lowest BCUT2D eigenvalue weighted by atomic mass is 10.2. The number of carbonyl (C=O) groups is 3. The van der Waals surface area contributed by atoms with Crippen LogP contribution in [0, 0.1) is 0 Å². The lowest BCUT2D eigenvalue weighted by molar-refractivity contribution is -0.131. The Kier molecular flexibility index (Phi) is 6.01. The van der Waals surface area contributed by atoms with Crippen LogP contribution in [0.15, 0.2) is 24.3 Å². The van der Waals surface area contributed by atoms with Gasteiger partial charge in [0.2, 0.25) is 11.8 Å². The molecule has 1 fully saturated rings. The molecular formula is C18H26N4O3. The van der Waals surface area contributed by atoms with Gasteiger partial charge in [-0.2, -0.15) is 0 Å². The van der Waals surface area contributed by atoms with Crippen molar-refractivity contribution in [3.05, 3.63) is 29.8 Å². The van der Waals surface area contributed by atoms with E-state index in [0.717, 1.165) is 11.3 Å². The van der Waals surface area contributed by atoms with Crippen LogP contribution in [0.1, 0.15) is 18.4 Å². The van der Waals surface area contributed by atoms with E-state index in [-0.39, 0.29) is 24.4 Å². The number of imide groups is 1. The van der Waals surface area contributed by atoms with E-state index in [9.17, 15) is 14.4 Å². The number of rotatable bonds is 7. The monoisotopic (exact) mass is 346 g/mol. The first-order valence-electron chi connectivity index (χ1n) is 8.35. The van der Waals surface area contributed by atoms with Crippen LogP contribution >= 0.6 is 0 Å². The molecular weight excluding hydrogens is 320 g/mol. The maximum atomic E-state index is 12.2. The average molecular weight is 346 g/mol. The quantitative estimate of drug-likeness (QED) is 0.700. The largest absolute Gasteiger partial charge is 0.378 e. The number of hydrogen-bond donors (Lipinski definition) is 0. The zero-order valence-corrected chi connectivity index (χ0v) is 15.4. The summed E-state index contributed by atoms with van der Waals surface area (Å²) in [6.07, 6.45) is 0.793. The van der Waals surface area contributed by atoms with E-state index in [1.54, 1.807) is 19.0 Å². The highest BCUT2D eigenvalue weighted by Gasteiger charge is 2.32. The van der Waals surface area contributed by atoms with Crippen molar-refractivity contribution in [3.8, 4) is 0 Å². The fourth-order valence-corrected chi connectivity index (χ4v) is 2.73. The van der Waals surface area contributed by atoms with Crippen molar-refractivity contribution in [3.63, 3.8) is 0 Å². The third-order valence-electron chi connectivity index (χ3n) is 4.30. The van der Waals surface area contributed by atoms with Crippen molar-refractivity contribution in [1.29, 1.82) is 0 Å². The van der Waals surface area contributed by atoms with Crippen molar-refractivity contribution < 1.29 is 14.4 Å². The third kappa shape index (κ3) is 4.71. The molecule has 2 rings (SSSR count). The number of likely N-dealkylation sites (N-methyl/N-ethyl adjacent to an activating group) is 1. The molecule has 0 radical (unpaired) electrons. The smallest absolute Gasteiger partial charge is 0.326 e. The molecule has 0 N–H and O–H groups in total. The van der Waals surface area contributed by atoms with Crippen molar-refractivity contribution in [2.24, 2.45) is 0 Å². The maximum absolute atomic E-state index is 12.2. The van der Waals surface area contributed by atoms with Gasteiger partial charge in [-0.05, 0) is 24.1 Å². The molecule has 1 aliphatic heterocycles. The Morgan fingerprint density at radius 3 is 2.28 bits per heavy atom. The normalized spacial score (nSPS) is 14.2. The van der Waals surface area contributed by atoms with Gasteiger partial charge in [0.25, 0.3) is 0 Å². The van der Waals surface area contributed by atoms with E-state index in [0.29, 0.717) is 25.9 Å². The molecule has 0 unspecified atom stereocenters. The van der Waals surface area contributed by atoms with Crippen LogP contribution in [0.25, 0.3) is 0 Å². The van der Waals surface area contributed by atoms with Gasteiger partial charge in [-0.25, -0.2) is 4.79 Å². The van der Waals surface area contributed by atoms with Crippen LogP contribution in [0.5, 0.6) is 0 Å². The summed E-state index contributed by atoms with van der Waals surface area (Å²) in [4.78, 5) is 42.0. The zero-order valence-electron chi connectivity index (χ0n) is 15.4. The number of carbonyl (C=O) groups excluding carboxylic acids is 3. The summed E-state index contributed by atoms with van der Waals surface area (Å²) in [5, 5.41) is 0. The minimum Gasteiger partial charge on any atom is -0.378 e. The van der Waals surface area contributed by atoms with E-state index < -0.39 is 0 Å². The highest BCUT2D eigenvalue weighted by Crippen LogP contribution is 2.14. The predicted molar refractivity (Wildman–Crippen MR) is 96.2 cm³/mol. The fraction of sp³-hybridized carbons (Fsp3) is 0.500. The van der Waals surface area contributed by atoms with Crippen LogP contribution in [0.3, 0.4) is 0 Å². The minimum atomic E-state index is -0.285. The number of urea groups is 1. The Morgan fingerprint density at radius 2 is 1.76 bits per heavy atom. The molecule has 1 aromatic carbocycles. The summed E-state index contributed by atoms with van der Waals surface area (Å²) in [5.74, 6) is -0.196. The van der Waals surface area contributed by atoms with E-state index >= 15 is 0 Å². The van der Waals surface area contributed by atoms with Gasteiger partial charge in [0.15, 0.2) is 0 Å². The summed E-state index contributed by atoms with van der Waals surface area (Å²) in [6.45, 7) is 0.950. The van der Waals surface area contributed by atoms with Gasteiger partial charge in [0.05, 0.1) is 0 Å². The number of amides is 4. The van der Waals surface area contributed by atoms with Crippen LogP contribution < -0.4 is 4.90 Å². The first kappa shape index (κ1) is 18.8. The Labute approximate surface area is 148 Å². The van der Waals surface area contributed by atoms with Crippen LogP contribution in [-0.2, 0) is 16.1 Å². The summed E-state index contributed by atoms with van der Waals surface area (Å²) >= 11 is 0. The molecule has 0 aromatic heterocycles.